The molecule has 6 nitrogen and oxygen atoms in total. The van der Waals surface area contributed by atoms with E-state index in [0.29, 0.717) is 34.1 Å². The van der Waals surface area contributed by atoms with Crippen LogP contribution in [0.2, 0.25) is 0 Å². The van der Waals surface area contributed by atoms with Gasteiger partial charge in [-0.1, -0.05) is 36.4 Å². The molecule has 0 spiro atoms. The van der Waals surface area contributed by atoms with Gasteiger partial charge in [0, 0.05) is 19.5 Å². The van der Waals surface area contributed by atoms with Gasteiger partial charge in [-0.25, -0.2) is 0 Å². The van der Waals surface area contributed by atoms with E-state index in [1.807, 2.05) is 36.4 Å². The summed E-state index contributed by atoms with van der Waals surface area (Å²) in [6.45, 7) is 0. The van der Waals surface area contributed by atoms with Gasteiger partial charge in [-0.15, -0.1) is 0 Å². The zero-order valence-electron chi connectivity index (χ0n) is 14.1. The topological polar surface area (TPSA) is 156 Å². The molecule has 0 amide bonds. The van der Waals surface area contributed by atoms with Crippen molar-refractivity contribution in [3.05, 3.63) is 72.8 Å². The summed E-state index contributed by atoms with van der Waals surface area (Å²) in [5.74, 6) is 0. The number of anilines is 6. The maximum atomic E-state index is 5.39. The number of nitrogen functional groups attached to an aromatic ring is 6. The first-order valence-electron chi connectivity index (χ1n) is 7.21. The fraction of sp³-hybridized carbons (Fsp3) is 0. The van der Waals surface area contributed by atoms with Crippen LogP contribution in [0, 0.1) is 0 Å². The van der Waals surface area contributed by atoms with Crippen molar-refractivity contribution >= 4 is 34.1 Å². The second kappa shape index (κ2) is 11.6. The number of nitrogens with two attached hydrogens (primary N) is 6. The van der Waals surface area contributed by atoms with Gasteiger partial charge in [-0.05, 0) is 36.4 Å². The van der Waals surface area contributed by atoms with Crippen LogP contribution in [0.25, 0.3) is 0 Å². The molecule has 0 unspecified atom stereocenters. The molecule has 0 heterocycles. The average Bonchev–Trinajstić information content (AvgIpc) is 2.57. The third-order valence-corrected chi connectivity index (χ3v) is 2.99. The van der Waals surface area contributed by atoms with E-state index < -0.39 is 0 Å². The summed E-state index contributed by atoms with van der Waals surface area (Å²) in [6.07, 6.45) is 0. The number of hydrogen-bond donors (Lipinski definition) is 6. The number of para-hydroxylation sites is 6. The minimum absolute atomic E-state index is 0. The normalized spacial score (nSPS) is 8.64. The molecule has 0 aliphatic rings. The Bertz CT molecular complexity index is 597. The van der Waals surface area contributed by atoms with Gasteiger partial charge in [0.1, 0.15) is 0 Å². The van der Waals surface area contributed by atoms with Crippen LogP contribution in [0.1, 0.15) is 0 Å². The van der Waals surface area contributed by atoms with E-state index in [0.717, 1.165) is 0 Å². The SMILES string of the molecule is Nc1ccccc1N.Nc1ccccc1N.Nc1ccccc1N.[Zn]. The van der Waals surface area contributed by atoms with Crippen molar-refractivity contribution < 1.29 is 19.5 Å². The van der Waals surface area contributed by atoms with Crippen molar-refractivity contribution in [2.24, 2.45) is 0 Å². The summed E-state index contributed by atoms with van der Waals surface area (Å²) < 4.78 is 0. The Labute approximate surface area is 160 Å². The van der Waals surface area contributed by atoms with Gasteiger partial charge in [0.2, 0.25) is 0 Å². The van der Waals surface area contributed by atoms with Crippen molar-refractivity contribution in [1.29, 1.82) is 0 Å². The zero-order valence-corrected chi connectivity index (χ0v) is 17.1. The maximum absolute atomic E-state index is 5.39. The van der Waals surface area contributed by atoms with Gasteiger partial charge in [0.25, 0.3) is 0 Å². The van der Waals surface area contributed by atoms with E-state index in [4.69, 9.17) is 34.4 Å². The average molecular weight is 390 g/mol. The van der Waals surface area contributed by atoms with Gasteiger partial charge in [0.15, 0.2) is 0 Å². The van der Waals surface area contributed by atoms with Crippen LogP contribution in [0.3, 0.4) is 0 Å². The molecule has 7 heteroatoms. The van der Waals surface area contributed by atoms with Crippen LogP contribution < -0.4 is 34.4 Å². The van der Waals surface area contributed by atoms with Gasteiger partial charge in [0.05, 0.1) is 34.1 Å². The van der Waals surface area contributed by atoms with Crippen molar-refractivity contribution in [3.8, 4) is 0 Å². The van der Waals surface area contributed by atoms with Crippen molar-refractivity contribution in [2.45, 2.75) is 0 Å². The van der Waals surface area contributed by atoms with E-state index in [1.165, 1.54) is 0 Å². The summed E-state index contributed by atoms with van der Waals surface area (Å²) in [6, 6.07) is 21.8. The Morgan fingerprint density at radius 1 is 0.320 bits per heavy atom. The fourth-order valence-corrected chi connectivity index (χ4v) is 1.53. The number of benzene rings is 3. The summed E-state index contributed by atoms with van der Waals surface area (Å²) in [5.41, 5.74) is 36.2. The molecule has 3 aromatic rings. The predicted octanol–water partition coefficient (Wildman–Crippen LogP) is 2.55. The van der Waals surface area contributed by atoms with E-state index in [1.54, 1.807) is 36.4 Å². The summed E-state index contributed by atoms with van der Waals surface area (Å²) >= 11 is 0. The van der Waals surface area contributed by atoms with Crippen LogP contribution in [0.4, 0.5) is 34.1 Å². The van der Waals surface area contributed by atoms with E-state index in [-0.39, 0.29) is 19.5 Å². The molecule has 3 aromatic carbocycles. The Kier molecular flexibility index (Phi) is 10.2. The summed E-state index contributed by atoms with van der Waals surface area (Å²) in [4.78, 5) is 0. The summed E-state index contributed by atoms with van der Waals surface area (Å²) in [5, 5.41) is 0. The minimum atomic E-state index is 0. The molecular weight excluding hydrogens is 366 g/mol. The van der Waals surface area contributed by atoms with E-state index in [2.05, 4.69) is 0 Å². The molecule has 128 valence electrons. The molecule has 0 aromatic heterocycles. The molecule has 0 saturated heterocycles. The predicted molar refractivity (Wildman–Crippen MR) is 106 cm³/mol. The molecule has 0 atom stereocenters. The van der Waals surface area contributed by atoms with Crippen LogP contribution in [-0.4, -0.2) is 0 Å². The molecule has 0 aliphatic heterocycles. The zero-order chi connectivity index (χ0) is 17.9. The Hall–Kier alpha value is -2.92. The fourth-order valence-electron chi connectivity index (χ4n) is 1.53. The molecule has 12 N–H and O–H groups in total. The third-order valence-electron chi connectivity index (χ3n) is 2.99. The molecular formula is C18H24N6Zn. The van der Waals surface area contributed by atoms with Gasteiger partial charge in [-0.2, -0.15) is 0 Å². The van der Waals surface area contributed by atoms with E-state index in [9.17, 15) is 0 Å². The molecule has 3 rings (SSSR count). The first-order valence-corrected chi connectivity index (χ1v) is 7.21. The maximum Gasteiger partial charge on any atom is 0.0547 e. The standard InChI is InChI=1S/3C6H8N2.Zn/c3*7-5-3-1-2-4-6(5)8;/h3*1-4H,7-8H2;. The Balaban J connectivity index is 0.000000339. The second-order valence-corrected chi connectivity index (χ2v) is 4.89. The molecule has 0 aliphatic carbocycles. The first-order chi connectivity index (χ1) is 11.4. The van der Waals surface area contributed by atoms with Crippen molar-refractivity contribution in [2.75, 3.05) is 34.4 Å². The molecule has 0 radical (unpaired) electrons. The van der Waals surface area contributed by atoms with Crippen molar-refractivity contribution in [1.82, 2.24) is 0 Å². The van der Waals surface area contributed by atoms with Crippen LogP contribution in [-0.2, 0) is 19.5 Å². The van der Waals surface area contributed by atoms with Gasteiger partial charge in [-0.3, -0.25) is 0 Å². The van der Waals surface area contributed by atoms with Gasteiger partial charge >= 0.3 is 0 Å². The third kappa shape index (κ3) is 8.48. The van der Waals surface area contributed by atoms with Gasteiger partial charge < -0.3 is 34.4 Å². The van der Waals surface area contributed by atoms with Crippen molar-refractivity contribution in [3.63, 3.8) is 0 Å². The van der Waals surface area contributed by atoms with Crippen LogP contribution in [0.5, 0.6) is 0 Å². The monoisotopic (exact) mass is 388 g/mol. The molecule has 0 saturated carbocycles. The van der Waals surface area contributed by atoms with E-state index >= 15 is 0 Å². The number of rotatable bonds is 0. The number of hydrogen-bond acceptors (Lipinski definition) is 6. The second-order valence-electron chi connectivity index (χ2n) is 4.89. The van der Waals surface area contributed by atoms with Crippen LogP contribution >= 0.6 is 0 Å². The Morgan fingerprint density at radius 3 is 0.520 bits per heavy atom. The quantitative estimate of drug-likeness (QED) is 0.256. The molecule has 0 fully saturated rings. The minimum Gasteiger partial charge on any atom is -0.397 e. The van der Waals surface area contributed by atoms with Crippen LogP contribution in [0.15, 0.2) is 72.8 Å². The first kappa shape index (κ1) is 22.1. The Morgan fingerprint density at radius 2 is 0.440 bits per heavy atom. The smallest absolute Gasteiger partial charge is 0.0547 e. The molecule has 0 bridgehead atoms. The largest absolute Gasteiger partial charge is 0.397 e. The summed E-state index contributed by atoms with van der Waals surface area (Å²) in [7, 11) is 0. The molecule has 25 heavy (non-hydrogen) atoms.